The Morgan fingerprint density at radius 3 is 1.79 bits per heavy atom. The maximum atomic E-state index is 13.7. The fraction of sp³-hybridized carbons (Fsp3) is 0.368. The lowest BCUT2D eigenvalue weighted by molar-refractivity contribution is -0.129. The summed E-state index contributed by atoms with van der Waals surface area (Å²) in [5.41, 5.74) is 10.4. The molecule has 2 atom stereocenters. The zero-order valence-corrected chi connectivity index (χ0v) is 47.2. The number of aliphatic hydroxyl groups excluding tert-OH is 1. The van der Waals surface area contributed by atoms with Crippen molar-refractivity contribution in [1.29, 1.82) is 0 Å². The van der Waals surface area contributed by atoms with E-state index in [0.717, 1.165) is 4.90 Å². The lowest BCUT2D eigenvalue weighted by atomic mass is 10.0. The number of carbonyl (C=O) groups excluding carboxylic acids is 8. The molecule has 8 N–H and O–H groups in total. The number of primary amides is 1. The van der Waals surface area contributed by atoms with E-state index in [1.54, 1.807) is 80.9 Å². The number of rotatable bonds is 28. The first kappa shape index (κ1) is 60.0. The van der Waals surface area contributed by atoms with Gasteiger partial charge in [-0.05, 0) is 94.8 Å². The monoisotopic (exact) mass is 1170 g/mol. The molecule has 0 bridgehead atoms. The molecule has 0 radical (unpaired) electrons. The van der Waals surface area contributed by atoms with Crippen molar-refractivity contribution in [2.45, 2.75) is 79.0 Å². The number of hydrogen-bond acceptors (Lipinski definition) is 17. The average Bonchev–Trinajstić information content (AvgIpc) is 3.49. The number of aryl methyl sites for hydroxylation is 4. The molecule has 0 saturated carbocycles. The van der Waals surface area contributed by atoms with E-state index in [0.29, 0.717) is 63.5 Å². The van der Waals surface area contributed by atoms with E-state index in [-0.39, 0.29) is 125 Å². The van der Waals surface area contributed by atoms with E-state index < -0.39 is 54.3 Å². The molecule has 1 saturated heterocycles. The maximum Gasteiger partial charge on any atom is 0.276 e. The number of fused-ring (bicyclic) bond motifs is 3. The van der Waals surface area contributed by atoms with Gasteiger partial charge in [0.2, 0.25) is 23.7 Å². The minimum Gasteiger partial charge on any atom is -0.483 e. The summed E-state index contributed by atoms with van der Waals surface area (Å²) >= 11 is 0. The first-order chi connectivity index (χ1) is 41.0. The molecule has 9 rings (SSSR count). The standard InChI is InChI=1S/C57H65N15O13/c1-5-70-43(28-33(3)66-70)52(78)64-56-61-38-30-35(49(58)75)12-14-40(38)68(56)20-7-8-21-69-41-15-13-36(31-39(41)62-57(69)65-53(79)44-29-34(4)67-71(44)6-2)50(76)60-19-23-83-25-27-84-26-24-82-22-18-59-47(74)32-85-45-11-9-10-37-48(45)55(81)72(54(37)80)42-16-17-46(73)63-51(42)77/h7-15,28-31,42,51,77H,5-6,16-27,32H2,1-4H3,(H2,58,75)(H,59,74)(H,60,76)(H,63,73)(H,61,64,78)(H,62,65,79)/b8-7+. The minimum atomic E-state index is -1.40. The van der Waals surface area contributed by atoms with Crippen molar-refractivity contribution >= 4 is 81.2 Å². The lowest BCUT2D eigenvalue weighted by Gasteiger charge is -2.33. The molecule has 1 fully saturated rings. The quantitative estimate of drug-likeness (QED) is 0.0210. The van der Waals surface area contributed by atoms with Gasteiger partial charge in [0, 0.05) is 56.8 Å². The number of nitrogens with one attached hydrogen (secondary N) is 5. The molecule has 2 aliphatic rings. The predicted molar refractivity (Wildman–Crippen MR) is 306 cm³/mol. The molecular weight excluding hydrogens is 1100 g/mol. The van der Waals surface area contributed by atoms with Gasteiger partial charge in [-0.25, -0.2) is 9.97 Å². The van der Waals surface area contributed by atoms with Gasteiger partial charge < -0.3 is 54.9 Å². The van der Waals surface area contributed by atoms with Gasteiger partial charge in [0.15, 0.2) is 6.61 Å². The van der Waals surface area contributed by atoms with Gasteiger partial charge in [-0.1, -0.05) is 18.2 Å². The largest absolute Gasteiger partial charge is 0.483 e. The number of aliphatic hydroxyl groups is 1. The topological polar surface area (TPSA) is 354 Å². The highest BCUT2D eigenvalue weighted by Crippen LogP contribution is 2.34. The summed E-state index contributed by atoms with van der Waals surface area (Å²) in [6.45, 7) is 10.1. The molecule has 446 valence electrons. The number of benzene rings is 3. The number of aromatic nitrogens is 8. The summed E-state index contributed by atoms with van der Waals surface area (Å²) in [7, 11) is 0. The summed E-state index contributed by atoms with van der Waals surface area (Å²) in [6.07, 6.45) is 2.48. The van der Waals surface area contributed by atoms with Crippen LogP contribution in [0.2, 0.25) is 0 Å². The molecule has 4 aromatic heterocycles. The van der Waals surface area contributed by atoms with Crippen molar-refractivity contribution in [3.63, 3.8) is 0 Å². The Labute approximate surface area is 486 Å². The summed E-state index contributed by atoms with van der Waals surface area (Å²) < 4.78 is 29.2. The highest BCUT2D eigenvalue weighted by Gasteiger charge is 2.46. The highest BCUT2D eigenvalue weighted by atomic mass is 16.5. The third-order valence-corrected chi connectivity index (χ3v) is 13.9. The number of amides is 8. The van der Waals surface area contributed by atoms with Gasteiger partial charge in [-0.15, -0.1) is 0 Å². The zero-order valence-electron chi connectivity index (χ0n) is 47.2. The molecule has 2 aliphatic heterocycles. The van der Waals surface area contributed by atoms with Crippen LogP contribution in [0.5, 0.6) is 5.75 Å². The number of ether oxygens (including phenoxy) is 4. The van der Waals surface area contributed by atoms with Crippen LogP contribution < -0.4 is 37.1 Å². The van der Waals surface area contributed by atoms with Crippen molar-refractivity contribution in [2.75, 3.05) is 70.0 Å². The molecule has 8 amide bonds. The van der Waals surface area contributed by atoms with E-state index in [1.807, 2.05) is 26.0 Å². The first-order valence-electron chi connectivity index (χ1n) is 27.6. The number of imidazole rings is 2. The number of nitrogens with two attached hydrogens (primary N) is 1. The van der Waals surface area contributed by atoms with Gasteiger partial charge in [0.05, 0.1) is 90.3 Å². The van der Waals surface area contributed by atoms with E-state index in [2.05, 4.69) is 41.8 Å². The maximum absolute atomic E-state index is 13.7. The molecular formula is C57H65N15O13. The Kier molecular flexibility index (Phi) is 19.2. The van der Waals surface area contributed by atoms with Crippen LogP contribution in [0.25, 0.3) is 22.1 Å². The third kappa shape index (κ3) is 13.9. The van der Waals surface area contributed by atoms with Crippen LogP contribution in [-0.2, 0) is 50.0 Å². The number of allylic oxidation sites excluding steroid dienone is 2. The fourth-order valence-electron chi connectivity index (χ4n) is 9.82. The second-order valence-electron chi connectivity index (χ2n) is 19.7. The normalized spacial score (nSPS) is 15.0. The molecule has 7 aromatic rings. The molecule has 0 aliphatic carbocycles. The van der Waals surface area contributed by atoms with Gasteiger partial charge in [-0.3, -0.25) is 63.3 Å². The first-order valence-corrected chi connectivity index (χ1v) is 27.6. The van der Waals surface area contributed by atoms with Gasteiger partial charge in [0.25, 0.3) is 35.4 Å². The van der Waals surface area contributed by atoms with Crippen LogP contribution in [-0.4, -0.2) is 168 Å². The average molecular weight is 1170 g/mol. The van der Waals surface area contributed by atoms with Gasteiger partial charge in [0.1, 0.15) is 23.4 Å². The van der Waals surface area contributed by atoms with Crippen LogP contribution in [0.4, 0.5) is 11.9 Å². The summed E-state index contributed by atoms with van der Waals surface area (Å²) in [5, 5.41) is 32.9. The van der Waals surface area contributed by atoms with Crippen LogP contribution in [0, 0.1) is 13.8 Å². The highest BCUT2D eigenvalue weighted by molar-refractivity contribution is 6.23. The number of anilines is 2. The van der Waals surface area contributed by atoms with Crippen molar-refractivity contribution < 1.29 is 62.4 Å². The van der Waals surface area contributed by atoms with Crippen LogP contribution >= 0.6 is 0 Å². The minimum absolute atomic E-state index is 0.0187. The SMILES string of the molecule is CCn1nc(C)cc1C(=O)Nc1nc2cc(C(N)=O)ccc2n1C/C=C/Cn1c(NC(=O)c2cc(C)nn2CC)nc2cc(C(=O)NCCOCCOCCOCCNC(=O)COc3cccc4c3C(=O)N(C3CCC(=O)NC3O)C4=O)ccc21. The summed E-state index contributed by atoms with van der Waals surface area (Å²) in [6, 6.07) is 16.8. The van der Waals surface area contributed by atoms with E-state index in [1.165, 1.54) is 18.2 Å². The molecule has 6 heterocycles. The zero-order chi connectivity index (χ0) is 60.3. The number of piperidine rings is 1. The number of nitrogens with zero attached hydrogens (tertiary/aromatic N) is 9. The van der Waals surface area contributed by atoms with Gasteiger partial charge in [-0.2, -0.15) is 10.2 Å². The van der Waals surface area contributed by atoms with E-state index in [4.69, 9.17) is 29.7 Å². The van der Waals surface area contributed by atoms with Crippen molar-refractivity contribution in [2.24, 2.45) is 5.73 Å². The molecule has 85 heavy (non-hydrogen) atoms. The number of hydrogen-bond donors (Lipinski definition) is 7. The Hall–Kier alpha value is -9.64. The Morgan fingerprint density at radius 1 is 0.694 bits per heavy atom. The molecule has 28 nitrogen and oxygen atoms in total. The van der Waals surface area contributed by atoms with Crippen molar-refractivity contribution in [3.8, 4) is 5.75 Å². The number of carbonyl (C=O) groups is 8. The van der Waals surface area contributed by atoms with E-state index in [9.17, 15) is 43.5 Å². The molecule has 2 unspecified atom stereocenters. The Morgan fingerprint density at radius 2 is 1.24 bits per heavy atom. The molecule has 3 aromatic carbocycles. The third-order valence-electron chi connectivity index (χ3n) is 13.9. The Balaban J connectivity index is 0.722. The fourth-order valence-corrected chi connectivity index (χ4v) is 9.82. The predicted octanol–water partition coefficient (Wildman–Crippen LogP) is 2.46. The summed E-state index contributed by atoms with van der Waals surface area (Å²) in [5.74, 6) is -3.52. The summed E-state index contributed by atoms with van der Waals surface area (Å²) in [4.78, 5) is 114. The van der Waals surface area contributed by atoms with E-state index >= 15 is 0 Å². The number of imide groups is 1. The molecule has 0 spiro atoms. The Bertz CT molecular complexity index is 3730. The van der Waals surface area contributed by atoms with Crippen molar-refractivity contribution in [3.05, 3.63) is 124 Å². The molecule has 28 heteroatoms. The van der Waals surface area contributed by atoms with Crippen LogP contribution in [0.15, 0.2) is 78.9 Å². The second-order valence-corrected chi connectivity index (χ2v) is 19.7. The van der Waals surface area contributed by atoms with Gasteiger partial charge >= 0.3 is 0 Å². The lowest BCUT2D eigenvalue weighted by Crippen LogP contribution is -2.57. The van der Waals surface area contributed by atoms with Crippen molar-refractivity contribution in [1.82, 2.24) is 59.5 Å². The van der Waals surface area contributed by atoms with Crippen LogP contribution in [0.3, 0.4) is 0 Å². The second kappa shape index (κ2) is 27.2. The van der Waals surface area contributed by atoms with Crippen LogP contribution in [0.1, 0.15) is 100 Å². The smallest absolute Gasteiger partial charge is 0.276 e.